The van der Waals surface area contributed by atoms with E-state index in [9.17, 15) is 0 Å². The summed E-state index contributed by atoms with van der Waals surface area (Å²) in [4.78, 5) is 0. The number of rotatable bonds is 0. The number of allylic oxidation sites excluding steroid dienone is 8. The van der Waals surface area contributed by atoms with Gasteiger partial charge in [0.2, 0.25) is 0 Å². The van der Waals surface area contributed by atoms with Gasteiger partial charge in [0.25, 0.3) is 0 Å². The van der Waals surface area contributed by atoms with Gasteiger partial charge in [0.05, 0.1) is 0 Å². The smallest absolute Gasteiger partial charge is 0.00103 e. The van der Waals surface area contributed by atoms with E-state index in [2.05, 4.69) is 12.2 Å². The summed E-state index contributed by atoms with van der Waals surface area (Å²) in [6, 6.07) is 0. The summed E-state index contributed by atoms with van der Waals surface area (Å²) in [6.07, 6.45) is 7.17. The Morgan fingerprint density at radius 2 is 1.90 bits per heavy atom. The minimum absolute atomic E-state index is 1.27. The maximum absolute atomic E-state index is 2.30. The maximum atomic E-state index is 2.30. The van der Waals surface area contributed by atoms with Gasteiger partial charge in [-0.3, -0.25) is 0 Å². The molecule has 46 valence electrons. The Labute approximate surface area is 59.2 Å². The van der Waals surface area contributed by atoms with Crippen LogP contribution in [0.15, 0.2) is 45.6 Å². The molecule has 0 nitrogen and oxygen atoms in total. The molecule has 0 aliphatic heterocycles. The molecule has 0 saturated heterocycles. The lowest BCUT2D eigenvalue weighted by molar-refractivity contribution is 1.03. The van der Waals surface area contributed by atoms with Gasteiger partial charge in [0.15, 0.2) is 0 Å². The summed E-state index contributed by atoms with van der Waals surface area (Å²) in [5.41, 5.74) is 9.83. The first kappa shape index (κ1) is 3.97. The Hall–Kier alpha value is -1.04. The monoisotopic (exact) mass is 126 g/mol. The molecule has 0 aromatic heterocycles. The van der Waals surface area contributed by atoms with Crippen LogP contribution < -0.4 is 0 Å². The minimum atomic E-state index is 1.27. The molecule has 0 fully saturated rings. The first-order chi connectivity index (χ1) is 4.95. The summed E-state index contributed by atoms with van der Waals surface area (Å²) >= 11 is 0. The van der Waals surface area contributed by atoms with Crippen LogP contribution in [-0.2, 0) is 0 Å². The molecule has 4 aliphatic carbocycles. The van der Waals surface area contributed by atoms with Gasteiger partial charge in [-0.15, -0.1) is 0 Å². The Morgan fingerprint density at radius 3 is 2.80 bits per heavy atom. The van der Waals surface area contributed by atoms with E-state index in [4.69, 9.17) is 0 Å². The molecular formula is C10H6. The molecule has 0 spiro atoms. The van der Waals surface area contributed by atoms with E-state index in [1.165, 1.54) is 12.8 Å². The molecule has 10 heavy (non-hydrogen) atoms. The molecule has 0 heteroatoms. The second-order valence-electron chi connectivity index (χ2n) is 3.44. The summed E-state index contributed by atoms with van der Waals surface area (Å²) in [7, 11) is 0. The highest BCUT2D eigenvalue weighted by atomic mass is 14.5. The average Bonchev–Trinajstić information content (AvgIpc) is 2.44. The number of hydrogen-bond donors (Lipinski definition) is 0. The molecule has 0 atom stereocenters. The Bertz CT molecular complexity index is 398. The third kappa shape index (κ3) is 0.214. The first-order valence-electron chi connectivity index (χ1n) is 3.82. The average molecular weight is 126 g/mol. The normalized spacial score (nSPS) is 29.6. The lowest BCUT2D eigenvalue weighted by Crippen LogP contribution is -2.04. The molecule has 0 heterocycles. The Balaban J connectivity index is 2.23. The van der Waals surface area contributed by atoms with Crippen molar-refractivity contribution in [1.82, 2.24) is 0 Å². The van der Waals surface area contributed by atoms with Crippen LogP contribution in [0.4, 0.5) is 0 Å². The lowest BCUT2D eigenvalue weighted by atomic mass is 9.82. The summed E-state index contributed by atoms with van der Waals surface area (Å²) < 4.78 is 0. The van der Waals surface area contributed by atoms with Crippen molar-refractivity contribution in [1.29, 1.82) is 0 Å². The minimum Gasteiger partial charge on any atom is -0.0574 e. The largest absolute Gasteiger partial charge is 0.0574 e. The van der Waals surface area contributed by atoms with E-state index in [0.717, 1.165) is 0 Å². The highest BCUT2D eigenvalue weighted by Gasteiger charge is 2.45. The van der Waals surface area contributed by atoms with Gasteiger partial charge in [-0.05, 0) is 46.3 Å². The van der Waals surface area contributed by atoms with Crippen LogP contribution in [0.3, 0.4) is 0 Å². The standard InChI is InChI=1S/C10H6/c1-2-6-7-4-8(7)9-3-5(1)10(6)9/h1-2H,3-4H2. The zero-order valence-corrected chi connectivity index (χ0v) is 5.57. The van der Waals surface area contributed by atoms with Gasteiger partial charge in [-0.25, -0.2) is 0 Å². The summed E-state index contributed by atoms with van der Waals surface area (Å²) in [6.45, 7) is 0. The molecule has 0 aromatic rings. The third-order valence-corrected chi connectivity index (χ3v) is 2.99. The topological polar surface area (TPSA) is 0 Å². The van der Waals surface area contributed by atoms with Crippen LogP contribution >= 0.6 is 0 Å². The maximum Gasteiger partial charge on any atom is -0.00103 e. The fourth-order valence-corrected chi connectivity index (χ4v) is 2.39. The van der Waals surface area contributed by atoms with Crippen molar-refractivity contribution in [3.63, 3.8) is 0 Å². The van der Waals surface area contributed by atoms with Gasteiger partial charge in [0.1, 0.15) is 0 Å². The third-order valence-electron chi connectivity index (χ3n) is 2.99. The first-order valence-corrected chi connectivity index (χ1v) is 3.82. The summed E-state index contributed by atoms with van der Waals surface area (Å²) in [5, 5.41) is 0. The van der Waals surface area contributed by atoms with E-state index in [1.807, 2.05) is 0 Å². The van der Waals surface area contributed by atoms with Crippen molar-refractivity contribution in [2.75, 3.05) is 0 Å². The molecule has 0 amide bonds. The molecule has 0 unspecified atom stereocenters. The molecule has 0 aromatic carbocycles. The van der Waals surface area contributed by atoms with Crippen molar-refractivity contribution >= 4 is 0 Å². The van der Waals surface area contributed by atoms with Crippen molar-refractivity contribution in [3.05, 3.63) is 45.6 Å². The van der Waals surface area contributed by atoms with Gasteiger partial charge in [-0.2, -0.15) is 0 Å². The van der Waals surface area contributed by atoms with Gasteiger partial charge in [-0.1, -0.05) is 12.2 Å². The molecule has 4 aliphatic rings. The van der Waals surface area contributed by atoms with E-state index in [0.29, 0.717) is 0 Å². The highest BCUT2D eigenvalue weighted by molar-refractivity contribution is 5.86. The molecule has 0 radical (unpaired) electrons. The predicted molar refractivity (Wildman–Crippen MR) is 39.5 cm³/mol. The van der Waals surface area contributed by atoms with Crippen LogP contribution in [0.25, 0.3) is 0 Å². The zero-order valence-electron chi connectivity index (χ0n) is 5.57. The van der Waals surface area contributed by atoms with Crippen LogP contribution in [0, 0.1) is 0 Å². The second kappa shape index (κ2) is 0.878. The number of hydrogen-bond acceptors (Lipinski definition) is 0. The van der Waals surface area contributed by atoms with Crippen molar-refractivity contribution in [2.24, 2.45) is 0 Å². The number of fused-ring (bicyclic) bond motifs is 2. The zero-order chi connectivity index (χ0) is 6.29. The lowest BCUT2D eigenvalue weighted by Gasteiger charge is -2.21. The fraction of sp³-hybridized carbons (Fsp3) is 0.200. The van der Waals surface area contributed by atoms with Gasteiger partial charge >= 0.3 is 0 Å². The Morgan fingerprint density at radius 1 is 0.900 bits per heavy atom. The molecule has 0 saturated carbocycles. The molecule has 0 bridgehead atoms. The fourth-order valence-electron chi connectivity index (χ4n) is 2.39. The molecule has 4 rings (SSSR count). The van der Waals surface area contributed by atoms with Gasteiger partial charge in [0, 0.05) is 0 Å². The van der Waals surface area contributed by atoms with E-state index >= 15 is 0 Å². The van der Waals surface area contributed by atoms with E-state index < -0.39 is 0 Å². The van der Waals surface area contributed by atoms with Crippen molar-refractivity contribution in [2.45, 2.75) is 12.8 Å². The molecular weight excluding hydrogens is 120 g/mol. The van der Waals surface area contributed by atoms with Crippen molar-refractivity contribution in [3.8, 4) is 0 Å². The van der Waals surface area contributed by atoms with Crippen molar-refractivity contribution < 1.29 is 0 Å². The predicted octanol–water partition coefficient (Wildman–Crippen LogP) is 2.27. The van der Waals surface area contributed by atoms with Gasteiger partial charge < -0.3 is 0 Å². The SMILES string of the molecule is C1=C2CC3=C2C(=C1)C1=C3C1. The molecule has 0 N–H and O–H groups in total. The highest BCUT2D eigenvalue weighted by Crippen LogP contribution is 2.63. The Kier molecular flexibility index (Phi) is 0.348. The van der Waals surface area contributed by atoms with Crippen LogP contribution in [0.5, 0.6) is 0 Å². The van der Waals surface area contributed by atoms with E-state index in [1.54, 1.807) is 33.4 Å². The van der Waals surface area contributed by atoms with E-state index in [-0.39, 0.29) is 0 Å². The van der Waals surface area contributed by atoms with Crippen LogP contribution in [-0.4, -0.2) is 0 Å². The summed E-state index contributed by atoms with van der Waals surface area (Å²) in [5.74, 6) is 0. The second-order valence-corrected chi connectivity index (χ2v) is 3.44. The quantitative estimate of drug-likeness (QED) is 0.467. The van der Waals surface area contributed by atoms with Crippen LogP contribution in [0.1, 0.15) is 12.8 Å². The van der Waals surface area contributed by atoms with Crippen LogP contribution in [0.2, 0.25) is 0 Å².